The number of rotatable bonds is 4. The van der Waals surface area contributed by atoms with E-state index in [1.807, 2.05) is 0 Å². The zero-order chi connectivity index (χ0) is 9.11. The van der Waals surface area contributed by atoms with Crippen molar-refractivity contribution in [3.8, 4) is 0 Å². The summed E-state index contributed by atoms with van der Waals surface area (Å²) >= 11 is 0. The highest BCUT2D eigenvalue weighted by Gasteiger charge is 1.80. The van der Waals surface area contributed by atoms with Gasteiger partial charge in [-0.1, -0.05) is 0 Å². The lowest BCUT2D eigenvalue weighted by Gasteiger charge is -1.78. The standard InChI is InChI=1S/C5H8O2.CH3NO2/c6-4-2-1-3-5-7;2-1(3)4/h4-5H,1-3H2;2H2,(H,3,4). The fraction of sp³-hybridized carbons (Fsp3) is 0.500. The van der Waals surface area contributed by atoms with Crippen LogP contribution in [0.2, 0.25) is 0 Å². The SMILES string of the molecule is NC(=O)O.O=CCCCC=O. The van der Waals surface area contributed by atoms with Crippen LogP contribution in [0.5, 0.6) is 0 Å². The quantitative estimate of drug-likeness (QED) is 0.453. The number of amides is 1. The predicted molar refractivity (Wildman–Crippen MR) is 38.2 cm³/mol. The van der Waals surface area contributed by atoms with Crippen LogP contribution in [0.4, 0.5) is 4.79 Å². The molecule has 0 aliphatic rings. The molecule has 0 aromatic carbocycles. The van der Waals surface area contributed by atoms with Crippen molar-refractivity contribution in [1.82, 2.24) is 0 Å². The summed E-state index contributed by atoms with van der Waals surface area (Å²) in [5, 5.41) is 7.19. The third-order valence-electron chi connectivity index (χ3n) is 0.644. The number of primary amides is 1. The van der Waals surface area contributed by atoms with Crippen LogP contribution in [0.25, 0.3) is 0 Å². The fourth-order valence-corrected chi connectivity index (χ4v) is 0.285. The summed E-state index contributed by atoms with van der Waals surface area (Å²) in [5.74, 6) is 0. The van der Waals surface area contributed by atoms with E-state index in [2.05, 4.69) is 5.73 Å². The van der Waals surface area contributed by atoms with Crippen molar-refractivity contribution in [2.75, 3.05) is 0 Å². The lowest BCUT2D eigenvalue weighted by molar-refractivity contribution is -0.108. The van der Waals surface area contributed by atoms with Crippen LogP contribution < -0.4 is 5.73 Å². The van der Waals surface area contributed by atoms with Crippen molar-refractivity contribution in [1.29, 1.82) is 0 Å². The number of aldehydes is 2. The Hall–Kier alpha value is -1.39. The predicted octanol–water partition coefficient (Wildman–Crippen LogP) is 0.178. The van der Waals surface area contributed by atoms with Crippen LogP contribution >= 0.6 is 0 Å². The molecular weight excluding hydrogens is 150 g/mol. The summed E-state index contributed by atoms with van der Waals surface area (Å²) in [6.45, 7) is 0. The van der Waals surface area contributed by atoms with E-state index in [-0.39, 0.29) is 0 Å². The smallest absolute Gasteiger partial charge is 0.402 e. The minimum absolute atomic E-state index is 0.513. The first-order valence-corrected chi connectivity index (χ1v) is 3.00. The molecule has 0 aliphatic carbocycles. The van der Waals surface area contributed by atoms with Crippen LogP contribution in [0, 0.1) is 0 Å². The topological polar surface area (TPSA) is 97.5 Å². The summed E-state index contributed by atoms with van der Waals surface area (Å²) in [5.41, 5.74) is 4.03. The van der Waals surface area contributed by atoms with Gasteiger partial charge < -0.3 is 20.4 Å². The van der Waals surface area contributed by atoms with Gasteiger partial charge in [-0.2, -0.15) is 0 Å². The van der Waals surface area contributed by atoms with E-state index in [1.165, 1.54) is 0 Å². The number of nitrogens with two attached hydrogens (primary N) is 1. The Balaban J connectivity index is 0. The van der Waals surface area contributed by atoms with Gasteiger partial charge in [0.1, 0.15) is 12.6 Å². The Morgan fingerprint density at radius 2 is 1.55 bits per heavy atom. The Bertz CT molecular complexity index is 112. The zero-order valence-electron chi connectivity index (χ0n) is 6.03. The maximum atomic E-state index is 9.56. The molecule has 3 N–H and O–H groups in total. The second-order valence-corrected chi connectivity index (χ2v) is 1.60. The molecule has 0 rings (SSSR count). The normalized spacial score (nSPS) is 7.27. The van der Waals surface area contributed by atoms with Gasteiger partial charge in [-0.3, -0.25) is 0 Å². The molecule has 0 saturated heterocycles. The molecule has 11 heavy (non-hydrogen) atoms. The largest absolute Gasteiger partial charge is 0.465 e. The van der Waals surface area contributed by atoms with Gasteiger partial charge in [0, 0.05) is 12.8 Å². The highest BCUT2D eigenvalue weighted by atomic mass is 16.4. The van der Waals surface area contributed by atoms with Gasteiger partial charge >= 0.3 is 6.09 Å². The first-order chi connectivity index (χ1) is 5.15. The number of carbonyl (C=O) groups excluding carboxylic acids is 2. The molecule has 0 spiro atoms. The first-order valence-electron chi connectivity index (χ1n) is 3.00. The van der Waals surface area contributed by atoms with Crippen molar-refractivity contribution in [3.05, 3.63) is 0 Å². The van der Waals surface area contributed by atoms with E-state index in [1.54, 1.807) is 0 Å². The van der Waals surface area contributed by atoms with E-state index in [0.717, 1.165) is 12.6 Å². The van der Waals surface area contributed by atoms with Crippen LogP contribution in [0.15, 0.2) is 0 Å². The van der Waals surface area contributed by atoms with Crippen LogP contribution in [0.3, 0.4) is 0 Å². The van der Waals surface area contributed by atoms with Gasteiger partial charge in [-0.25, -0.2) is 4.79 Å². The van der Waals surface area contributed by atoms with Crippen molar-refractivity contribution < 1.29 is 19.5 Å². The van der Waals surface area contributed by atoms with Gasteiger partial charge in [0.05, 0.1) is 0 Å². The van der Waals surface area contributed by atoms with Gasteiger partial charge in [0.2, 0.25) is 0 Å². The van der Waals surface area contributed by atoms with Crippen LogP contribution in [0.1, 0.15) is 19.3 Å². The van der Waals surface area contributed by atoms with E-state index >= 15 is 0 Å². The second-order valence-electron chi connectivity index (χ2n) is 1.60. The highest BCUT2D eigenvalue weighted by molar-refractivity contribution is 5.61. The minimum atomic E-state index is -1.33. The molecule has 0 fully saturated rings. The monoisotopic (exact) mass is 161 g/mol. The molecule has 0 atom stereocenters. The van der Waals surface area contributed by atoms with Crippen LogP contribution in [-0.4, -0.2) is 23.8 Å². The average molecular weight is 161 g/mol. The molecule has 0 saturated carbocycles. The number of carboxylic acid groups (broad SMARTS) is 1. The molecule has 0 bridgehead atoms. The number of unbranched alkanes of at least 4 members (excludes halogenated alkanes) is 2. The molecule has 64 valence electrons. The van der Waals surface area contributed by atoms with E-state index in [9.17, 15) is 9.59 Å². The van der Waals surface area contributed by atoms with Crippen LogP contribution in [-0.2, 0) is 9.59 Å². The third kappa shape index (κ3) is 55.2. The molecule has 0 aliphatic heterocycles. The summed E-state index contributed by atoms with van der Waals surface area (Å²) in [6.07, 6.45) is 2.04. The molecule has 1 amide bonds. The lowest BCUT2D eigenvalue weighted by Crippen LogP contribution is -2.03. The molecule has 0 aromatic heterocycles. The first kappa shape index (κ1) is 12.3. The third-order valence-corrected chi connectivity index (χ3v) is 0.644. The summed E-state index contributed by atoms with van der Waals surface area (Å²) in [4.78, 5) is 27.9. The van der Waals surface area contributed by atoms with Gasteiger partial charge in [0.15, 0.2) is 0 Å². The summed E-state index contributed by atoms with van der Waals surface area (Å²) in [6, 6.07) is 0. The van der Waals surface area contributed by atoms with Gasteiger partial charge in [-0.05, 0) is 6.42 Å². The summed E-state index contributed by atoms with van der Waals surface area (Å²) in [7, 11) is 0. The Labute approximate surface area is 64.2 Å². The Kier molecular flexibility index (Phi) is 12.8. The van der Waals surface area contributed by atoms with E-state index < -0.39 is 6.09 Å². The molecule has 0 aromatic rings. The maximum absolute atomic E-state index is 9.56. The molecular formula is C6H11NO4. The highest BCUT2D eigenvalue weighted by Crippen LogP contribution is 1.85. The zero-order valence-corrected chi connectivity index (χ0v) is 6.03. The number of hydrogen-bond acceptors (Lipinski definition) is 3. The van der Waals surface area contributed by atoms with Crippen molar-refractivity contribution in [2.24, 2.45) is 5.73 Å². The van der Waals surface area contributed by atoms with E-state index in [0.29, 0.717) is 19.3 Å². The molecule has 0 heterocycles. The molecule has 5 heteroatoms. The molecule has 0 unspecified atom stereocenters. The Morgan fingerprint density at radius 1 is 1.27 bits per heavy atom. The van der Waals surface area contributed by atoms with E-state index in [4.69, 9.17) is 9.90 Å². The average Bonchev–Trinajstić information content (AvgIpc) is 1.88. The van der Waals surface area contributed by atoms with Gasteiger partial charge in [0.25, 0.3) is 0 Å². The van der Waals surface area contributed by atoms with Gasteiger partial charge in [-0.15, -0.1) is 0 Å². The van der Waals surface area contributed by atoms with Crippen molar-refractivity contribution in [2.45, 2.75) is 19.3 Å². The lowest BCUT2D eigenvalue weighted by atomic mass is 10.3. The summed E-state index contributed by atoms with van der Waals surface area (Å²) < 4.78 is 0. The minimum Gasteiger partial charge on any atom is -0.465 e. The second kappa shape index (κ2) is 11.4. The van der Waals surface area contributed by atoms with Crippen molar-refractivity contribution in [3.63, 3.8) is 0 Å². The number of hydrogen-bond donors (Lipinski definition) is 2. The number of carbonyl (C=O) groups is 3. The maximum Gasteiger partial charge on any atom is 0.402 e. The molecule has 5 nitrogen and oxygen atoms in total. The Morgan fingerprint density at radius 3 is 1.73 bits per heavy atom. The van der Waals surface area contributed by atoms with Crippen molar-refractivity contribution >= 4 is 18.7 Å². The fourth-order valence-electron chi connectivity index (χ4n) is 0.285. The molecule has 0 radical (unpaired) electrons.